The minimum atomic E-state index is -0.661. The van der Waals surface area contributed by atoms with Gasteiger partial charge < -0.3 is 21.7 Å². The maximum absolute atomic E-state index is 9.05. The number of aliphatic hydroxyl groups is 2. The lowest BCUT2D eigenvalue weighted by molar-refractivity contribution is 0.105. The van der Waals surface area contributed by atoms with Gasteiger partial charge in [0.25, 0.3) is 0 Å². The predicted molar refractivity (Wildman–Crippen MR) is 53.1 cm³/mol. The zero-order chi connectivity index (χ0) is 10.7. The summed E-state index contributed by atoms with van der Waals surface area (Å²) >= 11 is 0. The summed E-state index contributed by atoms with van der Waals surface area (Å²) < 4.78 is 0. The Labute approximate surface area is 79.9 Å². The van der Waals surface area contributed by atoms with E-state index in [1.54, 1.807) is 6.92 Å². The van der Waals surface area contributed by atoms with Gasteiger partial charge in [0.1, 0.15) is 0 Å². The van der Waals surface area contributed by atoms with Gasteiger partial charge in [-0.15, -0.1) is 0 Å². The van der Waals surface area contributed by atoms with Gasteiger partial charge in [0.15, 0.2) is 0 Å². The number of aliphatic hydroxyl groups excluding tert-OH is 2. The molecular formula is C9H22N2O2. The molecule has 0 saturated carbocycles. The van der Waals surface area contributed by atoms with Crippen molar-refractivity contribution in [3.05, 3.63) is 0 Å². The highest BCUT2D eigenvalue weighted by Crippen LogP contribution is 2.23. The Balaban J connectivity index is 4.22. The lowest BCUT2D eigenvalue weighted by atomic mass is 9.79. The van der Waals surface area contributed by atoms with Crippen LogP contribution < -0.4 is 11.5 Å². The summed E-state index contributed by atoms with van der Waals surface area (Å²) in [5.74, 6) is 0. The van der Waals surface area contributed by atoms with Crippen LogP contribution in [-0.4, -0.2) is 35.0 Å². The van der Waals surface area contributed by atoms with Gasteiger partial charge >= 0.3 is 0 Å². The van der Waals surface area contributed by atoms with Crippen LogP contribution in [-0.2, 0) is 0 Å². The van der Waals surface area contributed by atoms with E-state index in [0.717, 1.165) is 0 Å². The molecule has 80 valence electrons. The molecule has 4 heteroatoms. The molecule has 0 radical (unpaired) electrons. The van der Waals surface area contributed by atoms with Crippen molar-refractivity contribution in [1.82, 2.24) is 0 Å². The normalized spacial score (nSPS) is 19.6. The van der Waals surface area contributed by atoms with Crippen molar-refractivity contribution in [2.75, 3.05) is 13.2 Å². The minimum Gasteiger partial charge on any atom is -0.396 e. The van der Waals surface area contributed by atoms with Gasteiger partial charge in [-0.2, -0.15) is 0 Å². The van der Waals surface area contributed by atoms with E-state index in [-0.39, 0.29) is 24.7 Å². The van der Waals surface area contributed by atoms with E-state index >= 15 is 0 Å². The molecule has 2 atom stereocenters. The van der Waals surface area contributed by atoms with Crippen LogP contribution in [0.2, 0.25) is 0 Å². The number of nitrogens with two attached hydrogens (primary N) is 2. The second-order valence-corrected chi connectivity index (χ2v) is 4.77. The lowest BCUT2D eigenvalue weighted by Gasteiger charge is -2.34. The van der Waals surface area contributed by atoms with Gasteiger partial charge in [-0.3, -0.25) is 0 Å². The van der Waals surface area contributed by atoms with Gasteiger partial charge in [-0.05, 0) is 13.3 Å². The van der Waals surface area contributed by atoms with Crippen LogP contribution in [0.15, 0.2) is 0 Å². The largest absolute Gasteiger partial charge is 0.396 e. The Morgan fingerprint density at radius 1 is 1.15 bits per heavy atom. The van der Waals surface area contributed by atoms with Crippen LogP contribution in [0.25, 0.3) is 0 Å². The Hall–Kier alpha value is -0.160. The first kappa shape index (κ1) is 12.8. The molecule has 0 aromatic rings. The van der Waals surface area contributed by atoms with Crippen molar-refractivity contribution in [2.45, 2.75) is 38.8 Å². The quantitative estimate of drug-likeness (QED) is 0.467. The fourth-order valence-electron chi connectivity index (χ4n) is 0.960. The van der Waals surface area contributed by atoms with Gasteiger partial charge in [0, 0.05) is 23.6 Å². The Kier molecular flexibility index (Phi) is 4.32. The summed E-state index contributed by atoms with van der Waals surface area (Å²) in [5, 5.41) is 18.0. The molecule has 0 aliphatic heterocycles. The van der Waals surface area contributed by atoms with Crippen molar-refractivity contribution < 1.29 is 10.2 Å². The third-order valence-electron chi connectivity index (χ3n) is 2.46. The van der Waals surface area contributed by atoms with Crippen LogP contribution in [0.4, 0.5) is 0 Å². The van der Waals surface area contributed by atoms with Gasteiger partial charge in [0.05, 0.1) is 6.61 Å². The molecular weight excluding hydrogens is 168 g/mol. The molecule has 0 saturated heterocycles. The molecule has 0 fully saturated rings. The summed E-state index contributed by atoms with van der Waals surface area (Å²) in [6.07, 6.45) is 0.497. The molecule has 0 aromatic carbocycles. The van der Waals surface area contributed by atoms with Gasteiger partial charge in [-0.25, -0.2) is 0 Å². The number of rotatable bonds is 5. The van der Waals surface area contributed by atoms with Crippen LogP contribution in [0, 0.1) is 5.41 Å². The first-order valence-electron chi connectivity index (χ1n) is 4.51. The van der Waals surface area contributed by atoms with Crippen LogP contribution in [0.5, 0.6) is 0 Å². The van der Waals surface area contributed by atoms with Gasteiger partial charge in [0.2, 0.25) is 0 Å². The van der Waals surface area contributed by atoms with Crippen molar-refractivity contribution in [3.63, 3.8) is 0 Å². The first-order chi connectivity index (χ1) is 5.75. The third-order valence-corrected chi connectivity index (χ3v) is 2.46. The highest BCUT2D eigenvalue weighted by Gasteiger charge is 2.31. The summed E-state index contributed by atoms with van der Waals surface area (Å²) in [6, 6.07) is -0.209. The topological polar surface area (TPSA) is 92.5 Å². The van der Waals surface area contributed by atoms with Crippen molar-refractivity contribution in [2.24, 2.45) is 16.9 Å². The molecule has 0 bridgehead atoms. The van der Waals surface area contributed by atoms with Gasteiger partial charge in [-0.1, -0.05) is 13.8 Å². The number of hydrogen-bond acceptors (Lipinski definition) is 4. The maximum Gasteiger partial charge on any atom is 0.0609 e. The van der Waals surface area contributed by atoms with Crippen molar-refractivity contribution in [1.29, 1.82) is 0 Å². The van der Waals surface area contributed by atoms with E-state index in [9.17, 15) is 0 Å². The molecule has 0 rings (SSSR count). The number of hydrogen-bond donors (Lipinski definition) is 4. The molecule has 0 aromatic heterocycles. The molecule has 6 N–H and O–H groups in total. The fourth-order valence-corrected chi connectivity index (χ4v) is 0.960. The average Bonchev–Trinajstić information content (AvgIpc) is 2.04. The molecule has 4 nitrogen and oxygen atoms in total. The highest BCUT2D eigenvalue weighted by molar-refractivity contribution is 4.89. The van der Waals surface area contributed by atoms with Crippen LogP contribution in [0.1, 0.15) is 27.2 Å². The Bertz CT molecular complexity index is 158. The second kappa shape index (κ2) is 4.37. The summed E-state index contributed by atoms with van der Waals surface area (Å²) in [6.45, 7) is 5.44. The van der Waals surface area contributed by atoms with E-state index in [1.165, 1.54) is 0 Å². The summed E-state index contributed by atoms with van der Waals surface area (Å²) in [5.41, 5.74) is 10.6. The second-order valence-electron chi connectivity index (χ2n) is 4.77. The van der Waals surface area contributed by atoms with Crippen LogP contribution in [0.3, 0.4) is 0 Å². The minimum absolute atomic E-state index is 0.0235. The molecule has 0 aliphatic carbocycles. The fraction of sp³-hybridized carbons (Fsp3) is 1.00. The molecule has 0 spiro atoms. The lowest BCUT2D eigenvalue weighted by Crippen LogP contribution is -2.50. The van der Waals surface area contributed by atoms with Crippen LogP contribution >= 0.6 is 0 Å². The zero-order valence-electron chi connectivity index (χ0n) is 8.75. The first-order valence-corrected chi connectivity index (χ1v) is 4.51. The molecule has 0 amide bonds. The van der Waals surface area contributed by atoms with E-state index < -0.39 is 5.54 Å². The standard InChI is InChI=1S/C9H22N2O2/c1-8(2,5-12)7(10)4-9(3,11)6-13/h7,12-13H,4-6,10-11H2,1-3H3. The van der Waals surface area contributed by atoms with Crippen molar-refractivity contribution in [3.8, 4) is 0 Å². The SMILES string of the molecule is CC(N)(CO)CC(N)C(C)(C)CO. The smallest absolute Gasteiger partial charge is 0.0609 e. The van der Waals surface area contributed by atoms with E-state index in [0.29, 0.717) is 6.42 Å². The predicted octanol–water partition coefficient (Wildman–Crippen LogP) is -0.568. The molecule has 2 unspecified atom stereocenters. The molecule has 0 heterocycles. The highest BCUT2D eigenvalue weighted by atomic mass is 16.3. The average molecular weight is 190 g/mol. The zero-order valence-corrected chi connectivity index (χ0v) is 8.75. The van der Waals surface area contributed by atoms with E-state index in [2.05, 4.69) is 0 Å². The monoisotopic (exact) mass is 190 g/mol. The maximum atomic E-state index is 9.05. The third kappa shape index (κ3) is 4.04. The summed E-state index contributed by atoms with van der Waals surface area (Å²) in [7, 11) is 0. The Morgan fingerprint density at radius 2 is 1.62 bits per heavy atom. The van der Waals surface area contributed by atoms with E-state index in [4.69, 9.17) is 21.7 Å². The molecule has 0 aliphatic rings. The summed E-state index contributed by atoms with van der Waals surface area (Å²) in [4.78, 5) is 0. The molecule has 13 heavy (non-hydrogen) atoms. The van der Waals surface area contributed by atoms with Crippen molar-refractivity contribution >= 4 is 0 Å². The Morgan fingerprint density at radius 3 is 1.92 bits per heavy atom. The van der Waals surface area contributed by atoms with E-state index in [1.807, 2.05) is 13.8 Å².